The van der Waals surface area contributed by atoms with Crippen molar-refractivity contribution in [1.29, 1.82) is 0 Å². The van der Waals surface area contributed by atoms with Gasteiger partial charge in [0.05, 0.1) is 22.5 Å². The van der Waals surface area contributed by atoms with E-state index in [1.54, 1.807) is 0 Å². The molecule has 0 amide bonds. The fourth-order valence-corrected chi connectivity index (χ4v) is 1.07. The van der Waals surface area contributed by atoms with Gasteiger partial charge in [0.2, 0.25) is 0 Å². The molecule has 0 aliphatic rings. The summed E-state index contributed by atoms with van der Waals surface area (Å²) < 4.78 is 0. The highest BCUT2D eigenvalue weighted by atomic mass is 16.6. The number of nitro groups is 2. The van der Waals surface area contributed by atoms with Gasteiger partial charge in [0, 0.05) is 17.0 Å². The fraction of sp³-hybridized carbons (Fsp3) is 0.143. The van der Waals surface area contributed by atoms with Gasteiger partial charge in [-0.2, -0.15) is 0 Å². The Bertz CT molecular complexity index is 461. The van der Waals surface area contributed by atoms with Gasteiger partial charge in [0.15, 0.2) is 0 Å². The molecule has 0 bridgehead atoms. The Labute approximate surface area is 88.2 Å². The van der Waals surface area contributed by atoms with Crippen molar-refractivity contribution in [1.82, 2.24) is 0 Å². The van der Waals surface area contributed by atoms with Crippen LogP contribution < -0.4 is 0 Å². The average molecular weight is 223 g/mol. The standard InChI is InChI=1S/C7H5N5O4/c8-10-9-4-5-1-6(11(13)14)3-7(2-5)12(15)16/h1-3H,4H2. The first-order valence-electron chi connectivity index (χ1n) is 3.98. The van der Waals surface area contributed by atoms with Crippen LogP contribution in [0.25, 0.3) is 10.4 Å². The SMILES string of the molecule is [N-]=[N+]=NCc1cc([N+](=O)[O-])cc([N+](=O)[O-])c1. The topological polar surface area (TPSA) is 135 Å². The largest absolute Gasteiger partial charge is 0.276 e. The van der Waals surface area contributed by atoms with Crippen LogP contribution in [-0.4, -0.2) is 9.85 Å². The molecule has 0 atom stereocenters. The predicted molar refractivity (Wildman–Crippen MR) is 52.6 cm³/mol. The normalized spacial score (nSPS) is 9.25. The number of benzene rings is 1. The van der Waals surface area contributed by atoms with E-state index in [1.807, 2.05) is 0 Å². The van der Waals surface area contributed by atoms with Gasteiger partial charge in [-0.15, -0.1) is 0 Å². The van der Waals surface area contributed by atoms with Gasteiger partial charge >= 0.3 is 0 Å². The molecule has 0 saturated heterocycles. The minimum absolute atomic E-state index is 0.168. The number of azide groups is 1. The molecule has 0 aliphatic heterocycles. The molecule has 0 aromatic heterocycles. The van der Waals surface area contributed by atoms with Crippen LogP contribution in [0.1, 0.15) is 5.56 Å². The first-order chi connectivity index (χ1) is 7.54. The fourth-order valence-electron chi connectivity index (χ4n) is 1.07. The highest BCUT2D eigenvalue weighted by Gasteiger charge is 2.15. The Balaban J connectivity index is 3.23. The summed E-state index contributed by atoms with van der Waals surface area (Å²) in [5.41, 5.74) is 7.49. The molecule has 9 nitrogen and oxygen atoms in total. The van der Waals surface area contributed by atoms with E-state index in [0.29, 0.717) is 0 Å². The lowest BCUT2D eigenvalue weighted by Crippen LogP contribution is -1.95. The van der Waals surface area contributed by atoms with E-state index in [1.165, 1.54) is 0 Å². The van der Waals surface area contributed by atoms with Gasteiger partial charge < -0.3 is 0 Å². The summed E-state index contributed by atoms with van der Waals surface area (Å²) in [7, 11) is 0. The van der Waals surface area contributed by atoms with Crippen molar-refractivity contribution in [2.24, 2.45) is 5.11 Å². The Kier molecular flexibility index (Phi) is 3.36. The lowest BCUT2D eigenvalue weighted by atomic mass is 10.2. The van der Waals surface area contributed by atoms with Crippen LogP contribution in [0.2, 0.25) is 0 Å². The van der Waals surface area contributed by atoms with Crippen LogP contribution in [0.15, 0.2) is 23.3 Å². The Morgan fingerprint density at radius 3 is 2.06 bits per heavy atom. The second kappa shape index (κ2) is 4.71. The van der Waals surface area contributed by atoms with E-state index in [2.05, 4.69) is 10.0 Å². The molecule has 1 aromatic carbocycles. The van der Waals surface area contributed by atoms with E-state index in [4.69, 9.17) is 5.53 Å². The number of hydrogen-bond donors (Lipinski definition) is 0. The highest BCUT2D eigenvalue weighted by molar-refractivity contribution is 5.46. The van der Waals surface area contributed by atoms with Crippen molar-refractivity contribution in [3.8, 4) is 0 Å². The molecule has 1 aromatic rings. The molecule has 0 spiro atoms. The van der Waals surface area contributed by atoms with Crippen LogP contribution in [-0.2, 0) is 6.54 Å². The number of hydrogen-bond acceptors (Lipinski definition) is 5. The van der Waals surface area contributed by atoms with Crippen LogP contribution in [0.3, 0.4) is 0 Å². The summed E-state index contributed by atoms with van der Waals surface area (Å²) in [5, 5.41) is 24.1. The van der Waals surface area contributed by atoms with Crippen molar-refractivity contribution in [3.63, 3.8) is 0 Å². The molecule has 0 heterocycles. The summed E-state index contributed by atoms with van der Waals surface area (Å²) in [6.07, 6.45) is 0. The van der Waals surface area contributed by atoms with Gasteiger partial charge in [-0.3, -0.25) is 20.2 Å². The third-order valence-corrected chi connectivity index (χ3v) is 1.70. The van der Waals surface area contributed by atoms with Gasteiger partial charge in [-0.05, 0) is 11.1 Å². The van der Waals surface area contributed by atoms with E-state index in [9.17, 15) is 20.2 Å². The molecule has 0 saturated carbocycles. The molecule has 0 fully saturated rings. The molecule has 9 heteroatoms. The number of rotatable bonds is 4. The maximum atomic E-state index is 10.5. The van der Waals surface area contributed by atoms with E-state index in [0.717, 1.165) is 18.2 Å². The van der Waals surface area contributed by atoms with Crippen molar-refractivity contribution >= 4 is 11.4 Å². The van der Waals surface area contributed by atoms with E-state index >= 15 is 0 Å². The molecule has 0 unspecified atom stereocenters. The summed E-state index contributed by atoms with van der Waals surface area (Å²) in [6.45, 7) is -0.168. The number of nitrogens with zero attached hydrogens (tertiary/aromatic N) is 5. The van der Waals surface area contributed by atoms with Crippen LogP contribution in [0.5, 0.6) is 0 Å². The second-order valence-corrected chi connectivity index (χ2v) is 2.76. The lowest BCUT2D eigenvalue weighted by molar-refractivity contribution is -0.394. The molecular weight excluding hydrogens is 218 g/mol. The summed E-state index contributed by atoms with van der Waals surface area (Å²) in [4.78, 5) is 21.9. The molecule has 82 valence electrons. The molecule has 0 N–H and O–H groups in total. The smallest absolute Gasteiger partial charge is 0.258 e. The third kappa shape index (κ3) is 2.66. The predicted octanol–water partition coefficient (Wildman–Crippen LogP) is 2.31. The zero-order valence-electron chi connectivity index (χ0n) is 7.81. The van der Waals surface area contributed by atoms with Gasteiger partial charge in [0.1, 0.15) is 0 Å². The molecule has 0 radical (unpaired) electrons. The zero-order chi connectivity index (χ0) is 12.1. The first-order valence-corrected chi connectivity index (χ1v) is 3.98. The second-order valence-electron chi connectivity index (χ2n) is 2.76. The Hall–Kier alpha value is -2.67. The minimum Gasteiger partial charge on any atom is -0.258 e. The highest BCUT2D eigenvalue weighted by Crippen LogP contribution is 2.23. The molecular formula is C7H5N5O4. The first kappa shape index (κ1) is 11.4. The minimum atomic E-state index is -0.743. The summed E-state index contributed by atoms with van der Waals surface area (Å²) >= 11 is 0. The quantitative estimate of drug-likeness (QED) is 0.254. The Morgan fingerprint density at radius 2 is 1.69 bits per heavy atom. The van der Waals surface area contributed by atoms with Gasteiger partial charge in [0.25, 0.3) is 11.4 Å². The Morgan fingerprint density at radius 1 is 1.19 bits per heavy atom. The summed E-state index contributed by atoms with van der Waals surface area (Å²) in [6, 6.07) is 3.10. The monoisotopic (exact) mass is 223 g/mol. The van der Waals surface area contributed by atoms with Crippen LogP contribution in [0.4, 0.5) is 11.4 Å². The number of nitro benzene ring substituents is 2. The maximum Gasteiger partial charge on any atom is 0.276 e. The maximum absolute atomic E-state index is 10.5. The van der Waals surface area contributed by atoms with Crippen molar-refractivity contribution in [3.05, 3.63) is 54.4 Å². The van der Waals surface area contributed by atoms with E-state index in [-0.39, 0.29) is 12.1 Å². The summed E-state index contributed by atoms with van der Waals surface area (Å²) in [5.74, 6) is 0. The van der Waals surface area contributed by atoms with Gasteiger partial charge in [-0.1, -0.05) is 5.11 Å². The van der Waals surface area contributed by atoms with E-state index < -0.39 is 21.2 Å². The zero-order valence-corrected chi connectivity index (χ0v) is 7.81. The molecule has 1 rings (SSSR count). The van der Waals surface area contributed by atoms with Gasteiger partial charge in [-0.25, -0.2) is 0 Å². The van der Waals surface area contributed by atoms with Crippen molar-refractivity contribution in [2.45, 2.75) is 6.54 Å². The number of non-ortho nitro benzene ring substituents is 2. The average Bonchev–Trinajstić information content (AvgIpc) is 2.25. The molecule has 16 heavy (non-hydrogen) atoms. The molecule has 0 aliphatic carbocycles. The van der Waals surface area contributed by atoms with Crippen LogP contribution in [0, 0.1) is 20.2 Å². The third-order valence-electron chi connectivity index (χ3n) is 1.70. The van der Waals surface area contributed by atoms with Crippen LogP contribution >= 0.6 is 0 Å². The van der Waals surface area contributed by atoms with Crippen molar-refractivity contribution in [2.75, 3.05) is 0 Å². The lowest BCUT2D eigenvalue weighted by Gasteiger charge is -1.97. The van der Waals surface area contributed by atoms with Crippen molar-refractivity contribution < 1.29 is 9.85 Å².